The number of ketones is 1. The fourth-order valence-electron chi connectivity index (χ4n) is 1.92. The van der Waals surface area contributed by atoms with Crippen LogP contribution in [0.2, 0.25) is 0 Å². The normalized spacial score (nSPS) is 15.9. The van der Waals surface area contributed by atoms with Gasteiger partial charge < -0.3 is 4.90 Å². The third-order valence-electron chi connectivity index (χ3n) is 2.76. The molecule has 18 heavy (non-hydrogen) atoms. The van der Waals surface area contributed by atoms with Gasteiger partial charge in [0.15, 0.2) is 5.78 Å². The number of piperidine rings is 1. The molecule has 0 saturated carbocycles. The minimum atomic E-state index is -1.25. The first-order chi connectivity index (χ1) is 8.49. The van der Waals surface area contributed by atoms with E-state index in [1.54, 1.807) is 0 Å². The highest BCUT2D eigenvalue weighted by molar-refractivity contribution is 5.97. The SMILES string of the molecule is O=C1CCCN(C(=O)c2c(F)cc(F)cc2F)C1. The van der Waals surface area contributed by atoms with Crippen LogP contribution in [-0.4, -0.2) is 29.7 Å². The summed E-state index contributed by atoms with van der Waals surface area (Å²) in [5.74, 6) is -4.67. The highest BCUT2D eigenvalue weighted by Gasteiger charge is 2.27. The van der Waals surface area contributed by atoms with E-state index in [-0.39, 0.29) is 18.9 Å². The predicted octanol–water partition coefficient (Wildman–Crippen LogP) is 1.91. The van der Waals surface area contributed by atoms with Gasteiger partial charge in [0.25, 0.3) is 5.91 Å². The Morgan fingerprint density at radius 1 is 1.17 bits per heavy atom. The summed E-state index contributed by atoms with van der Waals surface area (Å²) >= 11 is 0. The maximum atomic E-state index is 13.4. The molecule has 1 heterocycles. The van der Waals surface area contributed by atoms with Crippen molar-refractivity contribution in [3.63, 3.8) is 0 Å². The molecule has 0 atom stereocenters. The van der Waals surface area contributed by atoms with Crippen LogP contribution in [0.25, 0.3) is 0 Å². The van der Waals surface area contributed by atoms with Gasteiger partial charge in [-0.1, -0.05) is 0 Å². The van der Waals surface area contributed by atoms with Gasteiger partial charge in [-0.25, -0.2) is 13.2 Å². The topological polar surface area (TPSA) is 37.4 Å². The third kappa shape index (κ3) is 2.37. The molecule has 0 unspecified atom stereocenters. The monoisotopic (exact) mass is 257 g/mol. The van der Waals surface area contributed by atoms with Gasteiger partial charge >= 0.3 is 0 Å². The maximum Gasteiger partial charge on any atom is 0.260 e. The number of hydrogen-bond acceptors (Lipinski definition) is 2. The third-order valence-corrected chi connectivity index (χ3v) is 2.76. The number of Topliss-reactive ketones (excluding diaryl/α,β-unsaturated/α-hetero) is 1. The quantitative estimate of drug-likeness (QED) is 0.770. The van der Waals surface area contributed by atoms with Crippen LogP contribution in [0.5, 0.6) is 0 Å². The molecule has 0 radical (unpaired) electrons. The molecule has 1 aliphatic rings. The number of nitrogens with zero attached hydrogens (tertiary/aromatic N) is 1. The molecule has 0 aliphatic carbocycles. The van der Waals surface area contributed by atoms with Crippen molar-refractivity contribution in [2.24, 2.45) is 0 Å². The molecule has 3 nitrogen and oxygen atoms in total. The largest absolute Gasteiger partial charge is 0.331 e. The summed E-state index contributed by atoms with van der Waals surface area (Å²) in [6.07, 6.45) is 0.827. The van der Waals surface area contributed by atoms with Gasteiger partial charge in [0.2, 0.25) is 0 Å². The summed E-state index contributed by atoms with van der Waals surface area (Å²) in [5, 5.41) is 0. The van der Waals surface area contributed by atoms with E-state index in [2.05, 4.69) is 0 Å². The molecule has 1 fully saturated rings. The van der Waals surface area contributed by atoms with E-state index in [1.165, 1.54) is 0 Å². The average molecular weight is 257 g/mol. The van der Waals surface area contributed by atoms with E-state index in [0.717, 1.165) is 4.90 Å². The van der Waals surface area contributed by atoms with Gasteiger partial charge in [0.1, 0.15) is 23.0 Å². The summed E-state index contributed by atoms with van der Waals surface area (Å²) in [6.45, 7) is 0.107. The second-order valence-corrected chi connectivity index (χ2v) is 4.11. The molecule has 0 N–H and O–H groups in total. The lowest BCUT2D eigenvalue weighted by Gasteiger charge is -2.26. The Morgan fingerprint density at radius 3 is 2.33 bits per heavy atom. The summed E-state index contributed by atoms with van der Waals surface area (Å²) < 4.78 is 39.5. The van der Waals surface area contributed by atoms with Crippen LogP contribution in [0.4, 0.5) is 13.2 Å². The van der Waals surface area contributed by atoms with Crippen molar-refractivity contribution < 1.29 is 22.8 Å². The molecule has 0 spiro atoms. The Bertz CT molecular complexity index is 493. The smallest absolute Gasteiger partial charge is 0.260 e. The fourth-order valence-corrected chi connectivity index (χ4v) is 1.92. The van der Waals surface area contributed by atoms with E-state index < -0.39 is 28.9 Å². The minimum absolute atomic E-state index is 0.155. The number of rotatable bonds is 1. The van der Waals surface area contributed by atoms with Crippen LogP contribution >= 0.6 is 0 Å². The molecular formula is C12H10F3NO2. The molecule has 1 aromatic rings. The van der Waals surface area contributed by atoms with Crippen molar-refractivity contribution in [3.8, 4) is 0 Å². The number of likely N-dealkylation sites (tertiary alicyclic amines) is 1. The summed E-state index contributed by atoms with van der Waals surface area (Å²) in [4.78, 5) is 24.1. The Kier molecular flexibility index (Phi) is 3.36. The Morgan fingerprint density at radius 2 is 1.78 bits per heavy atom. The molecule has 2 rings (SSSR count). The molecule has 0 bridgehead atoms. The zero-order valence-electron chi connectivity index (χ0n) is 9.38. The van der Waals surface area contributed by atoms with Crippen molar-refractivity contribution in [1.82, 2.24) is 4.90 Å². The lowest BCUT2D eigenvalue weighted by Crippen LogP contribution is -2.40. The number of hydrogen-bond donors (Lipinski definition) is 0. The number of carbonyl (C=O) groups excluding carboxylic acids is 2. The minimum Gasteiger partial charge on any atom is -0.331 e. The molecule has 1 aliphatic heterocycles. The van der Waals surface area contributed by atoms with Gasteiger partial charge in [-0.2, -0.15) is 0 Å². The Hall–Kier alpha value is -1.85. The van der Waals surface area contributed by atoms with Crippen LogP contribution in [0.1, 0.15) is 23.2 Å². The first kappa shape index (κ1) is 12.6. The zero-order chi connectivity index (χ0) is 13.3. The van der Waals surface area contributed by atoms with Crippen molar-refractivity contribution in [2.45, 2.75) is 12.8 Å². The van der Waals surface area contributed by atoms with E-state index in [1.807, 2.05) is 0 Å². The number of carbonyl (C=O) groups is 2. The lowest BCUT2D eigenvalue weighted by molar-refractivity contribution is -0.121. The summed E-state index contributed by atoms with van der Waals surface area (Å²) in [5.41, 5.74) is -0.814. The van der Waals surface area contributed by atoms with Crippen molar-refractivity contribution in [2.75, 3.05) is 13.1 Å². The van der Waals surface area contributed by atoms with Gasteiger partial charge in [-0.3, -0.25) is 9.59 Å². The molecule has 0 aromatic heterocycles. The van der Waals surface area contributed by atoms with Crippen LogP contribution in [0.3, 0.4) is 0 Å². The van der Waals surface area contributed by atoms with E-state index in [0.29, 0.717) is 25.0 Å². The van der Waals surface area contributed by atoms with Crippen molar-refractivity contribution >= 4 is 11.7 Å². The molecule has 1 saturated heterocycles. The standard InChI is InChI=1S/C12H10F3NO2/c13-7-4-9(14)11(10(15)5-7)12(18)16-3-1-2-8(17)6-16/h4-5H,1-3,6H2. The first-order valence-electron chi connectivity index (χ1n) is 5.44. The Balaban J connectivity index is 2.31. The first-order valence-corrected chi connectivity index (χ1v) is 5.44. The van der Waals surface area contributed by atoms with Crippen LogP contribution in [0.15, 0.2) is 12.1 Å². The highest BCUT2D eigenvalue weighted by atomic mass is 19.1. The lowest BCUT2D eigenvalue weighted by atomic mass is 10.1. The number of benzene rings is 1. The molecule has 96 valence electrons. The predicted molar refractivity (Wildman–Crippen MR) is 56.5 cm³/mol. The summed E-state index contributed by atoms with van der Waals surface area (Å²) in [7, 11) is 0. The molecular weight excluding hydrogens is 247 g/mol. The van der Waals surface area contributed by atoms with E-state index in [4.69, 9.17) is 0 Å². The van der Waals surface area contributed by atoms with E-state index in [9.17, 15) is 22.8 Å². The maximum absolute atomic E-state index is 13.4. The highest BCUT2D eigenvalue weighted by Crippen LogP contribution is 2.18. The van der Waals surface area contributed by atoms with Gasteiger partial charge in [-0.05, 0) is 6.42 Å². The van der Waals surface area contributed by atoms with Crippen LogP contribution in [-0.2, 0) is 4.79 Å². The number of amides is 1. The zero-order valence-corrected chi connectivity index (χ0v) is 9.38. The van der Waals surface area contributed by atoms with Crippen molar-refractivity contribution in [1.29, 1.82) is 0 Å². The van der Waals surface area contributed by atoms with Gasteiger partial charge in [0.05, 0.1) is 6.54 Å². The van der Waals surface area contributed by atoms with Crippen LogP contribution in [0, 0.1) is 17.5 Å². The molecule has 1 aromatic carbocycles. The van der Waals surface area contributed by atoms with Gasteiger partial charge in [-0.15, -0.1) is 0 Å². The van der Waals surface area contributed by atoms with Crippen molar-refractivity contribution in [3.05, 3.63) is 35.1 Å². The second kappa shape index (κ2) is 4.80. The number of halogens is 3. The van der Waals surface area contributed by atoms with Crippen LogP contribution < -0.4 is 0 Å². The summed E-state index contributed by atoms with van der Waals surface area (Å²) in [6, 6.07) is 0.893. The molecule has 1 amide bonds. The average Bonchev–Trinajstić information content (AvgIpc) is 2.27. The van der Waals surface area contributed by atoms with E-state index >= 15 is 0 Å². The van der Waals surface area contributed by atoms with Gasteiger partial charge in [0, 0.05) is 25.1 Å². The Labute approximate surface area is 101 Å². The molecule has 6 heteroatoms. The fraction of sp³-hybridized carbons (Fsp3) is 0.333. The second-order valence-electron chi connectivity index (χ2n) is 4.11.